The number of carboxylic acid groups (broad SMARTS) is 1. The predicted octanol–water partition coefficient (Wildman–Crippen LogP) is 8.06. The SMILES string of the molecule is Cc1cc(F)c(C)c(C)c1-c1cc(C(F)(F)F)c(F)c([C@H](CC(=O)O)NC(=O)C(CC(C)C)n2cc(CCN3CCC3)c(C(F)(F)F)cc2=O)c1F. The fraction of sp³-hybridized carbons (Fsp3) is 0.472. The van der Waals surface area contributed by atoms with Gasteiger partial charge in [-0.25, -0.2) is 13.2 Å². The van der Waals surface area contributed by atoms with Gasteiger partial charge in [0, 0.05) is 29.9 Å². The summed E-state index contributed by atoms with van der Waals surface area (Å²) in [6, 6.07) is -2.52. The Hall–Kier alpha value is -4.34. The van der Waals surface area contributed by atoms with Crippen molar-refractivity contribution in [3.63, 3.8) is 0 Å². The molecule has 3 aromatic rings. The molecule has 2 N–H and O–H groups in total. The second-order valence-electron chi connectivity index (χ2n) is 13.5. The van der Waals surface area contributed by atoms with E-state index in [0.29, 0.717) is 23.7 Å². The quantitative estimate of drug-likeness (QED) is 0.183. The molecular formula is C36H38F9N3O4. The van der Waals surface area contributed by atoms with Gasteiger partial charge in [0.05, 0.1) is 23.6 Å². The summed E-state index contributed by atoms with van der Waals surface area (Å²) in [6.07, 6.45) is -10.4. The summed E-state index contributed by atoms with van der Waals surface area (Å²) in [5.74, 6) is -8.11. The standard InChI is InChI=1S/C36H38F9N3O4/c1-17(2)11-27(48-16-21(7-10-47-8-6-9-47)23(14-28(48)49)35(40,41)42)34(52)46-26(15-29(50)51)31-32(38)22(13-24(33(31)39)36(43,44)45)30-18(3)12-25(37)19(4)20(30)5/h12-14,16-17,26-27H,6-11,15H2,1-5H3,(H,46,52)(H,50,51)/t26-,27?/m0/s1. The van der Waals surface area contributed by atoms with Gasteiger partial charge in [0.2, 0.25) is 5.91 Å². The van der Waals surface area contributed by atoms with Crippen molar-refractivity contribution in [2.45, 2.75) is 84.7 Å². The number of rotatable bonds is 12. The summed E-state index contributed by atoms with van der Waals surface area (Å²) in [4.78, 5) is 41.0. The zero-order valence-electron chi connectivity index (χ0n) is 29.0. The van der Waals surface area contributed by atoms with Gasteiger partial charge in [0.1, 0.15) is 23.5 Å². The van der Waals surface area contributed by atoms with E-state index in [4.69, 9.17) is 0 Å². The molecule has 1 saturated heterocycles. The van der Waals surface area contributed by atoms with Crippen molar-refractivity contribution in [1.82, 2.24) is 14.8 Å². The van der Waals surface area contributed by atoms with E-state index >= 15 is 8.78 Å². The number of aromatic nitrogens is 1. The van der Waals surface area contributed by atoms with Crippen molar-refractivity contribution in [1.29, 1.82) is 0 Å². The van der Waals surface area contributed by atoms with Crippen LogP contribution in [0.15, 0.2) is 29.2 Å². The van der Waals surface area contributed by atoms with Gasteiger partial charge in [-0.3, -0.25) is 14.4 Å². The highest BCUT2D eigenvalue weighted by Crippen LogP contribution is 2.43. The van der Waals surface area contributed by atoms with Crippen LogP contribution < -0.4 is 10.9 Å². The van der Waals surface area contributed by atoms with Crippen molar-refractivity contribution in [2.75, 3.05) is 19.6 Å². The number of hydrogen-bond acceptors (Lipinski definition) is 4. The number of hydrogen-bond donors (Lipinski definition) is 2. The molecule has 16 heteroatoms. The summed E-state index contributed by atoms with van der Waals surface area (Å²) in [5, 5.41) is 11.8. The van der Waals surface area contributed by atoms with Crippen LogP contribution in [-0.4, -0.2) is 46.1 Å². The normalized spacial score (nSPS) is 15.1. The molecule has 0 radical (unpaired) electrons. The third-order valence-corrected chi connectivity index (χ3v) is 9.33. The fourth-order valence-corrected chi connectivity index (χ4v) is 6.44. The van der Waals surface area contributed by atoms with Gasteiger partial charge in [0.15, 0.2) is 0 Å². The molecule has 0 aliphatic carbocycles. The number of nitrogens with one attached hydrogen (secondary N) is 1. The van der Waals surface area contributed by atoms with Crippen LogP contribution in [-0.2, 0) is 28.4 Å². The molecule has 0 bridgehead atoms. The Labute approximate surface area is 293 Å². The molecule has 52 heavy (non-hydrogen) atoms. The summed E-state index contributed by atoms with van der Waals surface area (Å²) in [5.41, 5.74) is -7.35. The highest BCUT2D eigenvalue weighted by atomic mass is 19.4. The topological polar surface area (TPSA) is 91.6 Å². The molecule has 2 aromatic carbocycles. The van der Waals surface area contributed by atoms with Crippen LogP contribution in [0, 0.1) is 44.1 Å². The van der Waals surface area contributed by atoms with Crippen molar-refractivity contribution >= 4 is 11.9 Å². The van der Waals surface area contributed by atoms with Crippen molar-refractivity contribution in [2.24, 2.45) is 5.92 Å². The van der Waals surface area contributed by atoms with E-state index in [1.807, 2.05) is 4.90 Å². The molecule has 1 fully saturated rings. The number of halogens is 9. The van der Waals surface area contributed by atoms with E-state index in [0.717, 1.165) is 18.7 Å². The maximum atomic E-state index is 16.5. The number of carbonyl (C=O) groups is 2. The van der Waals surface area contributed by atoms with E-state index < -0.39 is 93.9 Å². The molecule has 7 nitrogen and oxygen atoms in total. The summed E-state index contributed by atoms with van der Waals surface area (Å²) < 4.78 is 132. The number of pyridine rings is 1. The molecular weight excluding hydrogens is 709 g/mol. The van der Waals surface area contributed by atoms with Gasteiger partial charge in [-0.15, -0.1) is 0 Å². The number of aliphatic carboxylic acids is 1. The maximum Gasteiger partial charge on any atom is 0.419 e. The van der Waals surface area contributed by atoms with Crippen LogP contribution in [0.3, 0.4) is 0 Å². The Morgan fingerprint density at radius 3 is 2.04 bits per heavy atom. The average Bonchev–Trinajstić information content (AvgIpc) is 2.98. The highest BCUT2D eigenvalue weighted by molar-refractivity contribution is 5.82. The van der Waals surface area contributed by atoms with Crippen LogP contribution in [0.1, 0.15) is 84.1 Å². The van der Waals surface area contributed by atoms with Gasteiger partial charge in [-0.2, -0.15) is 26.3 Å². The van der Waals surface area contributed by atoms with Crippen molar-refractivity contribution in [3.05, 3.63) is 91.1 Å². The molecule has 1 amide bonds. The van der Waals surface area contributed by atoms with Crippen LogP contribution in [0.4, 0.5) is 39.5 Å². The van der Waals surface area contributed by atoms with Gasteiger partial charge in [0.25, 0.3) is 5.56 Å². The molecule has 0 saturated carbocycles. The molecule has 1 aromatic heterocycles. The molecule has 0 spiro atoms. The number of likely N-dealkylation sites (tertiary alicyclic amines) is 1. The Balaban J connectivity index is 1.90. The number of carbonyl (C=O) groups excluding carboxylic acids is 1. The minimum Gasteiger partial charge on any atom is -0.481 e. The Morgan fingerprint density at radius 1 is 0.904 bits per heavy atom. The Morgan fingerprint density at radius 2 is 1.52 bits per heavy atom. The van der Waals surface area contributed by atoms with E-state index in [9.17, 15) is 50.2 Å². The zero-order valence-corrected chi connectivity index (χ0v) is 29.0. The molecule has 2 heterocycles. The lowest BCUT2D eigenvalue weighted by atomic mass is 9.87. The van der Waals surface area contributed by atoms with Crippen LogP contribution in [0.25, 0.3) is 11.1 Å². The minimum atomic E-state index is -5.45. The fourth-order valence-electron chi connectivity index (χ4n) is 6.44. The van der Waals surface area contributed by atoms with Crippen LogP contribution in [0.2, 0.25) is 0 Å². The average molecular weight is 748 g/mol. The number of aryl methyl sites for hydroxylation is 1. The first-order valence-electron chi connectivity index (χ1n) is 16.4. The second-order valence-corrected chi connectivity index (χ2v) is 13.5. The third-order valence-electron chi connectivity index (χ3n) is 9.33. The van der Waals surface area contributed by atoms with E-state index in [-0.39, 0.29) is 53.3 Å². The van der Waals surface area contributed by atoms with Gasteiger partial charge in [-0.1, -0.05) is 13.8 Å². The van der Waals surface area contributed by atoms with E-state index in [2.05, 4.69) is 5.32 Å². The van der Waals surface area contributed by atoms with E-state index in [1.165, 1.54) is 20.8 Å². The summed E-state index contributed by atoms with van der Waals surface area (Å²) in [7, 11) is 0. The van der Waals surface area contributed by atoms with Gasteiger partial charge >= 0.3 is 18.3 Å². The van der Waals surface area contributed by atoms with Crippen LogP contribution in [0.5, 0.6) is 0 Å². The lowest BCUT2D eigenvalue weighted by Crippen LogP contribution is -2.41. The first kappa shape index (κ1) is 40.4. The number of carboxylic acids is 1. The summed E-state index contributed by atoms with van der Waals surface area (Å²) in [6.45, 7) is 8.62. The monoisotopic (exact) mass is 747 g/mol. The molecule has 1 aliphatic heterocycles. The predicted molar refractivity (Wildman–Crippen MR) is 173 cm³/mol. The Kier molecular flexibility index (Phi) is 11.9. The second kappa shape index (κ2) is 15.3. The summed E-state index contributed by atoms with van der Waals surface area (Å²) >= 11 is 0. The number of alkyl halides is 6. The third kappa shape index (κ3) is 8.64. The smallest absolute Gasteiger partial charge is 0.419 e. The maximum absolute atomic E-state index is 16.5. The Bertz CT molecular complexity index is 1910. The first-order valence-corrected chi connectivity index (χ1v) is 16.4. The van der Waals surface area contributed by atoms with Gasteiger partial charge < -0.3 is 19.9 Å². The zero-order chi connectivity index (χ0) is 39.0. The lowest BCUT2D eigenvalue weighted by molar-refractivity contribution is -0.140. The van der Waals surface area contributed by atoms with Crippen LogP contribution >= 0.6 is 0 Å². The lowest BCUT2D eigenvalue weighted by Gasteiger charge is -2.31. The minimum absolute atomic E-state index is 0.0180. The van der Waals surface area contributed by atoms with Gasteiger partial charge in [-0.05, 0) is 99.0 Å². The number of amides is 1. The van der Waals surface area contributed by atoms with Crippen molar-refractivity contribution < 1.29 is 54.2 Å². The molecule has 2 atom stereocenters. The largest absolute Gasteiger partial charge is 0.481 e. The number of benzene rings is 2. The first-order chi connectivity index (χ1) is 24.0. The molecule has 4 rings (SSSR count). The van der Waals surface area contributed by atoms with E-state index in [1.54, 1.807) is 13.8 Å². The molecule has 1 aliphatic rings. The number of nitrogens with zero attached hydrogens (tertiary/aromatic N) is 2. The molecule has 284 valence electrons. The van der Waals surface area contributed by atoms with Crippen molar-refractivity contribution in [3.8, 4) is 11.1 Å². The highest BCUT2D eigenvalue weighted by Gasteiger charge is 2.41. The molecule has 1 unspecified atom stereocenters.